The Morgan fingerprint density at radius 2 is 2.06 bits per heavy atom. The van der Waals surface area contributed by atoms with Gasteiger partial charge in [-0.15, -0.1) is 0 Å². The highest BCUT2D eigenvalue weighted by molar-refractivity contribution is 7.52. The van der Waals surface area contributed by atoms with Crippen molar-refractivity contribution in [3.05, 3.63) is 53.1 Å². The summed E-state index contributed by atoms with van der Waals surface area (Å²) >= 11 is 0. The lowest BCUT2D eigenvalue weighted by Gasteiger charge is -2.24. The van der Waals surface area contributed by atoms with Crippen LogP contribution in [0, 0.1) is 0 Å². The molecule has 0 bridgehead atoms. The van der Waals surface area contributed by atoms with Crippen LogP contribution in [0.3, 0.4) is 0 Å². The summed E-state index contributed by atoms with van der Waals surface area (Å²) in [6.07, 6.45) is 1.01. The van der Waals surface area contributed by atoms with Crippen LogP contribution in [0.1, 0.15) is 39.8 Å². The highest BCUT2D eigenvalue weighted by atomic mass is 31.2. The third-order valence-corrected chi connectivity index (χ3v) is 6.61. The van der Waals surface area contributed by atoms with E-state index in [9.17, 15) is 14.2 Å². The lowest BCUT2D eigenvalue weighted by Crippen LogP contribution is -2.37. The normalized spacial score (nSPS) is 21.1. The number of carbonyl (C=O) groups is 1. The Labute approximate surface area is 203 Å². The van der Waals surface area contributed by atoms with Crippen molar-refractivity contribution in [1.82, 2.24) is 14.6 Å². The van der Waals surface area contributed by atoms with Gasteiger partial charge in [-0.1, -0.05) is 31.5 Å². The first-order valence-electron chi connectivity index (χ1n) is 11.3. The second-order valence-corrected chi connectivity index (χ2v) is 9.67. The molecular formula is C22H31N4O8P. The van der Waals surface area contributed by atoms with Gasteiger partial charge in [0.15, 0.2) is 12.5 Å². The molecule has 13 heteroatoms. The molecule has 3 N–H and O–H groups in total. The summed E-state index contributed by atoms with van der Waals surface area (Å²) in [7, 11) is -4.08. The number of aromatic nitrogens is 2. The van der Waals surface area contributed by atoms with E-state index in [2.05, 4.69) is 10.1 Å². The largest absolute Gasteiger partial charge is 0.462 e. The van der Waals surface area contributed by atoms with Gasteiger partial charge in [-0.2, -0.15) is 10.1 Å². The van der Waals surface area contributed by atoms with Crippen molar-refractivity contribution in [2.75, 3.05) is 18.9 Å². The molecule has 192 valence electrons. The summed E-state index contributed by atoms with van der Waals surface area (Å²) in [6.45, 7) is 5.01. The van der Waals surface area contributed by atoms with Gasteiger partial charge in [0.25, 0.3) is 0 Å². The van der Waals surface area contributed by atoms with Crippen LogP contribution < -0.4 is 21.0 Å². The molecule has 1 saturated heterocycles. The predicted octanol–water partition coefficient (Wildman–Crippen LogP) is 2.61. The number of esters is 1. The number of carbonyl (C=O) groups excluding carboxylic acids is 1. The number of anilines is 1. The van der Waals surface area contributed by atoms with Crippen LogP contribution in [-0.4, -0.2) is 47.2 Å². The van der Waals surface area contributed by atoms with Crippen LogP contribution in [0.15, 0.2) is 47.4 Å². The van der Waals surface area contributed by atoms with Crippen LogP contribution >= 0.6 is 7.75 Å². The van der Waals surface area contributed by atoms with Crippen LogP contribution in [0.4, 0.5) is 5.82 Å². The van der Waals surface area contributed by atoms with E-state index in [0.29, 0.717) is 6.42 Å². The molecule has 0 amide bonds. The SMILES string of the molecule is CCC[C@H](C)OC(=O)[C@H](C)NP(=O)(OC[C@H]1OC[C@@H](n2ccc(N)nc2=O)O1)Oc1ccccc1. The average Bonchev–Trinajstić information content (AvgIpc) is 3.27. The Hall–Kier alpha value is -2.76. The maximum Gasteiger partial charge on any atom is 0.459 e. The van der Waals surface area contributed by atoms with Crippen LogP contribution in [0.5, 0.6) is 5.75 Å². The molecular weight excluding hydrogens is 479 g/mol. The Kier molecular flexibility index (Phi) is 9.41. The van der Waals surface area contributed by atoms with Gasteiger partial charge in [0.2, 0.25) is 0 Å². The molecule has 2 aromatic rings. The van der Waals surface area contributed by atoms with Gasteiger partial charge in [0.05, 0.1) is 12.7 Å². The van der Waals surface area contributed by atoms with Crippen molar-refractivity contribution in [2.24, 2.45) is 0 Å². The number of nitrogens with zero attached hydrogens (tertiary/aromatic N) is 2. The van der Waals surface area contributed by atoms with E-state index < -0.39 is 38.0 Å². The zero-order valence-corrected chi connectivity index (χ0v) is 20.8. The molecule has 1 fully saturated rings. The minimum Gasteiger partial charge on any atom is -0.462 e. The summed E-state index contributed by atoms with van der Waals surface area (Å²) in [6, 6.07) is 8.86. The number of nitrogens with two attached hydrogens (primary N) is 1. The molecule has 2 heterocycles. The molecule has 0 aliphatic carbocycles. The number of rotatable bonds is 12. The highest BCUT2D eigenvalue weighted by Gasteiger charge is 2.36. The van der Waals surface area contributed by atoms with E-state index in [0.717, 1.165) is 6.42 Å². The van der Waals surface area contributed by atoms with E-state index in [1.54, 1.807) is 37.3 Å². The number of hydrogen-bond acceptors (Lipinski definition) is 10. The molecule has 5 atom stereocenters. The summed E-state index contributed by atoms with van der Waals surface area (Å²) in [5.41, 5.74) is 4.92. The number of para-hydroxylation sites is 1. The zero-order valence-electron chi connectivity index (χ0n) is 19.9. The minimum atomic E-state index is -4.08. The van der Waals surface area contributed by atoms with Crippen LogP contribution in [0.25, 0.3) is 0 Å². The molecule has 0 spiro atoms. The fourth-order valence-electron chi connectivity index (χ4n) is 3.25. The predicted molar refractivity (Wildman–Crippen MR) is 126 cm³/mol. The van der Waals surface area contributed by atoms with Crippen molar-refractivity contribution in [2.45, 2.75) is 58.3 Å². The average molecular weight is 510 g/mol. The standard InChI is InChI=1S/C22H31N4O8P/c1-4-8-15(2)32-21(27)16(3)25-35(29,34-17-9-6-5-7-10-17)31-14-20-30-13-19(33-20)26-12-11-18(23)24-22(26)28/h5-7,9-12,15-16,19-20H,4,8,13-14H2,1-3H3,(H,25,29)(H2,23,24,28)/t15-,16-,19-,20-,35?/m0/s1. The van der Waals surface area contributed by atoms with Gasteiger partial charge < -0.3 is 24.5 Å². The number of benzene rings is 1. The molecule has 1 unspecified atom stereocenters. The molecule has 12 nitrogen and oxygen atoms in total. The summed E-state index contributed by atoms with van der Waals surface area (Å²) in [4.78, 5) is 28.2. The molecule has 35 heavy (non-hydrogen) atoms. The Morgan fingerprint density at radius 3 is 2.74 bits per heavy atom. The minimum absolute atomic E-state index is 0.0366. The Balaban J connectivity index is 1.65. The summed E-state index contributed by atoms with van der Waals surface area (Å²) in [5.74, 6) is -0.226. The van der Waals surface area contributed by atoms with Crippen LogP contribution in [-0.2, 0) is 28.1 Å². The molecule has 1 aliphatic heterocycles. The fourth-order valence-corrected chi connectivity index (χ4v) is 4.72. The molecule has 3 rings (SSSR count). The van der Waals surface area contributed by atoms with Gasteiger partial charge >= 0.3 is 19.4 Å². The smallest absolute Gasteiger partial charge is 0.459 e. The first-order valence-corrected chi connectivity index (χ1v) is 12.8. The second-order valence-electron chi connectivity index (χ2n) is 7.98. The van der Waals surface area contributed by atoms with Crippen molar-refractivity contribution in [3.8, 4) is 5.75 Å². The van der Waals surface area contributed by atoms with Crippen molar-refractivity contribution >= 4 is 19.5 Å². The number of ether oxygens (including phenoxy) is 3. The molecule has 1 aromatic heterocycles. The fraction of sp³-hybridized carbons (Fsp3) is 0.500. The second kappa shape index (κ2) is 12.3. The molecule has 1 aliphatic rings. The maximum atomic E-state index is 13.6. The third kappa shape index (κ3) is 7.87. The zero-order chi connectivity index (χ0) is 25.4. The first-order chi connectivity index (χ1) is 16.7. The molecule has 1 aromatic carbocycles. The lowest BCUT2D eigenvalue weighted by molar-refractivity contribution is -0.150. The summed E-state index contributed by atoms with van der Waals surface area (Å²) < 4.78 is 42.5. The van der Waals surface area contributed by atoms with Crippen molar-refractivity contribution < 1.29 is 32.6 Å². The highest BCUT2D eigenvalue weighted by Crippen LogP contribution is 2.45. The van der Waals surface area contributed by atoms with Crippen molar-refractivity contribution in [1.29, 1.82) is 0 Å². The van der Waals surface area contributed by atoms with Gasteiger partial charge in [0, 0.05) is 6.20 Å². The van der Waals surface area contributed by atoms with E-state index in [1.165, 1.54) is 23.8 Å². The van der Waals surface area contributed by atoms with Gasteiger partial charge in [-0.3, -0.25) is 13.9 Å². The number of hydrogen-bond donors (Lipinski definition) is 2. The quantitative estimate of drug-likeness (QED) is 0.320. The van der Waals surface area contributed by atoms with E-state index in [4.69, 9.17) is 29.0 Å². The third-order valence-electron chi connectivity index (χ3n) is 4.96. The topological polar surface area (TPSA) is 153 Å². The van der Waals surface area contributed by atoms with Crippen LogP contribution in [0.2, 0.25) is 0 Å². The van der Waals surface area contributed by atoms with Gasteiger partial charge in [-0.25, -0.2) is 9.36 Å². The molecule has 0 saturated carbocycles. The van der Waals surface area contributed by atoms with Crippen molar-refractivity contribution in [3.63, 3.8) is 0 Å². The van der Waals surface area contributed by atoms with E-state index in [-0.39, 0.29) is 30.9 Å². The van der Waals surface area contributed by atoms with Gasteiger partial charge in [-0.05, 0) is 38.5 Å². The Morgan fingerprint density at radius 1 is 1.31 bits per heavy atom. The maximum absolute atomic E-state index is 13.6. The number of nitrogens with one attached hydrogen (secondary N) is 1. The van der Waals surface area contributed by atoms with E-state index in [1.807, 2.05) is 6.92 Å². The number of nitrogen functional groups attached to an aromatic ring is 1. The lowest BCUT2D eigenvalue weighted by atomic mass is 10.2. The Bertz CT molecular complexity index is 1080. The first kappa shape index (κ1) is 26.8. The summed E-state index contributed by atoms with van der Waals surface area (Å²) in [5, 5.41) is 2.62. The van der Waals surface area contributed by atoms with Gasteiger partial charge in [0.1, 0.15) is 24.2 Å². The molecule has 0 radical (unpaired) electrons. The monoisotopic (exact) mass is 510 g/mol. The van der Waals surface area contributed by atoms with E-state index >= 15 is 0 Å².